The zero-order valence-corrected chi connectivity index (χ0v) is 10.4. The number of nitrogens with zero attached hydrogens (tertiary/aromatic N) is 1. The lowest BCUT2D eigenvalue weighted by atomic mass is 9.98. The van der Waals surface area contributed by atoms with Crippen molar-refractivity contribution in [3.8, 4) is 11.1 Å². The van der Waals surface area contributed by atoms with Gasteiger partial charge in [0.2, 0.25) is 0 Å². The smallest absolute Gasteiger partial charge is 0.150 e. The van der Waals surface area contributed by atoms with Crippen LogP contribution in [0.1, 0.15) is 22.3 Å². The molecule has 1 heterocycles. The Hall–Kier alpha value is -2.42. The van der Waals surface area contributed by atoms with E-state index in [9.17, 15) is 4.79 Å². The third-order valence-corrected chi connectivity index (χ3v) is 3.22. The summed E-state index contributed by atoms with van der Waals surface area (Å²) in [7, 11) is 0. The normalized spacial score (nSPS) is 13.8. The molecule has 0 aliphatic carbocycles. The average Bonchev–Trinajstić information content (AvgIpc) is 3.02. The van der Waals surface area contributed by atoms with E-state index in [0.29, 0.717) is 12.2 Å². The molecule has 0 amide bonds. The van der Waals surface area contributed by atoms with Gasteiger partial charge in [-0.25, -0.2) is 0 Å². The predicted molar refractivity (Wildman–Crippen MR) is 74.4 cm³/mol. The molecule has 0 saturated heterocycles. The summed E-state index contributed by atoms with van der Waals surface area (Å²) >= 11 is 0. The van der Waals surface area contributed by atoms with E-state index in [1.807, 2.05) is 48.5 Å². The van der Waals surface area contributed by atoms with Crippen LogP contribution in [0.4, 0.5) is 0 Å². The topological polar surface area (TPSA) is 38.7 Å². The maximum atomic E-state index is 11.0. The zero-order valence-electron chi connectivity index (χ0n) is 10.4. The third-order valence-electron chi connectivity index (χ3n) is 3.22. The van der Waals surface area contributed by atoms with E-state index in [1.165, 1.54) is 0 Å². The van der Waals surface area contributed by atoms with E-state index in [0.717, 1.165) is 35.1 Å². The van der Waals surface area contributed by atoms with Crippen molar-refractivity contribution in [1.82, 2.24) is 0 Å². The highest BCUT2D eigenvalue weighted by molar-refractivity contribution is 6.01. The summed E-state index contributed by atoms with van der Waals surface area (Å²) in [5.74, 6) is 0. The van der Waals surface area contributed by atoms with E-state index in [-0.39, 0.29) is 0 Å². The zero-order chi connectivity index (χ0) is 13.1. The first-order valence-electron chi connectivity index (χ1n) is 6.22. The Balaban J connectivity index is 1.96. The molecular formula is C16H13NO2. The van der Waals surface area contributed by atoms with Gasteiger partial charge in [-0.2, -0.15) is 0 Å². The van der Waals surface area contributed by atoms with Crippen LogP contribution in [0.2, 0.25) is 0 Å². The standard InChI is InChI=1S/C16H13NO2/c18-11-14-3-1-2-4-15(14)12-5-7-13(8-6-12)16-9-10-19-17-16/h1-8,11H,9-10H2. The number of aldehydes is 1. The van der Waals surface area contributed by atoms with Crippen LogP contribution in [-0.2, 0) is 4.84 Å². The predicted octanol–water partition coefficient (Wildman–Crippen LogP) is 3.29. The Morgan fingerprint density at radius 3 is 2.42 bits per heavy atom. The van der Waals surface area contributed by atoms with Crippen LogP contribution in [0.25, 0.3) is 11.1 Å². The number of hydrogen-bond acceptors (Lipinski definition) is 3. The molecule has 0 aromatic heterocycles. The fourth-order valence-corrected chi connectivity index (χ4v) is 2.21. The number of hydrogen-bond donors (Lipinski definition) is 0. The number of carbonyl (C=O) groups excluding carboxylic acids is 1. The van der Waals surface area contributed by atoms with Crippen LogP contribution in [-0.4, -0.2) is 18.6 Å². The summed E-state index contributed by atoms with van der Waals surface area (Å²) in [5.41, 5.74) is 4.75. The van der Waals surface area contributed by atoms with Crippen LogP contribution in [0, 0.1) is 0 Å². The lowest BCUT2D eigenvalue weighted by molar-refractivity contribution is 0.112. The second kappa shape index (κ2) is 5.06. The minimum Gasteiger partial charge on any atom is -0.395 e. The molecule has 3 rings (SSSR count). The van der Waals surface area contributed by atoms with Crippen molar-refractivity contribution in [1.29, 1.82) is 0 Å². The van der Waals surface area contributed by atoms with Gasteiger partial charge in [-0.1, -0.05) is 53.7 Å². The molecule has 0 radical (unpaired) electrons. The van der Waals surface area contributed by atoms with Gasteiger partial charge >= 0.3 is 0 Å². The lowest BCUT2D eigenvalue weighted by Gasteiger charge is -2.06. The number of oxime groups is 1. The number of benzene rings is 2. The van der Waals surface area contributed by atoms with Crippen molar-refractivity contribution < 1.29 is 9.63 Å². The first-order valence-corrected chi connectivity index (χ1v) is 6.22. The van der Waals surface area contributed by atoms with Gasteiger partial charge in [-0.3, -0.25) is 4.79 Å². The van der Waals surface area contributed by atoms with Gasteiger partial charge in [0.15, 0.2) is 6.29 Å². The average molecular weight is 251 g/mol. The molecule has 0 spiro atoms. The summed E-state index contributed by atoms with van der Waals surface area (Å²) < 4.78 is 0. The molecule has 2 aromatic rings. The van der Waals surface area contributed by atoms with Crippen molar-refractivity contribution in [2.75, 3.05) is 6.61 Å². The van der Waals surface area contributed by atoms with Gasteiger partial charge in [0.05, 0.1) is 5.71 Å². The summed E-state index contributed by atoms with van der Waals surface area (Å²) in [5, 5.41) is 4.00. The maximum absolute atomic E-state index is 11.0. The monoisotopic (exact) mass is 251 g/mol. The van der Waals surface area contributed by atoms with E-state index >= 15 is 0 Å². The van der Waals surface area contributed by atoms with Crippen LogP contribution in [0.3, 0.4) is 0 Å². The lowest BCUT2D eigenvalue weighted by Crippen LogP contribution is -1.97. The third kappa shape index (κ3) is 2.27. The fourth-order valence-electron chi connectivity index (χ4n) is 2.21. The summed E-state index contributed by atoms with van der Waals surface area (Å²) in [4.78, 5) is 16.0. The van der Waals surface area contributed by atoms with Gasteiger partial charge < -0.3 is 4.84 Å². The molecule has 94 valence electrons. The number of rotatable bonds is 3. The highest BCUT2D eigenvalue weighted by Gasteiger charge is 2.11. The maximum Gasteiger partial charge on any atom is 0.150 e. The summed E-state index contributed by atoms with van der Waals surface area (Å²) in [6.07, 6.45) is 1.74. The second-order valence-corrected chi connectivity index (χ2v) is 4.40. The first-order chi connectivity index (χ1) is 9.38. The molecule has 0 atom stereocenters. The minimum absolute atomic E-state index is 0.658. The SMILES string of the molecule is O=Cc1ccccc1-c1ccc(C2=NOCC2)cc1. The van der Waals surface area contributed by atoms with E-state index in [2.05, 4.69) is 5.16 Å². The van der Waals surface area contributed by atoms with Crippen molar-refractivity contribution in [3.05, 3.63) is 59.7 Å². The van der Waals surface area contributed by atoms with Gasteiger partial charge in [-0.15, -0.1) is 0 Å². The Kier molecular flexibility index (Phi) is 3.11. The molecule has 0 unspecified atom stereocenters. The van der Waals surface area contributed by atoms with E-state index in [4.69, 9.17) is 4.84 Å². The highest BCUT2D eigenvalue weighted by Crippen LogP contribution is 2.23. The molecule has 1 aliphatic heterocycles. The Morgan fingerprint density at radius 2 is 1.74 bits per heavy atom. The van der Waals surface area contributed by atoms with E-state index < -0.39 is 0 Å². The van der Waals surface area contributed by atoms with Gasteiger partial charge in [0.25, 0.3) is 0 Å². The Bertz CT molecular complexity index is 629. The first kappa shape index (κ1) is 11.7. The molecular weight excluding hydrogens is 238 g/mol. The van der Waals surface area contributed by atoms with Gasteiger partial charge in [-0.05, 0) is 16.7 Å². The van der Waals surface area contributed by atoms with Crippen molar-refractivity contribution >= 4 is 12.0 Å². The minimum atomic E-state index is 0.658. The largest absolute Gasteiger partial charge is 0.395 e. The van der Waals surface area contributed by atoms with Crippen LogP contribution >= 0.6 is 0 Å². The Labute approximate surface area is 111 Å². The molecule has 3 nitrogen and oxygen atoms in total. The summed E-state index contributed by atoms with van der Waals surface area (Å²) in [6, 6.07) is 15.6. The van der Waals surface area contributed by atoms with Crippen molar-refractivity contribution in [2.24, 2.45) is 5.16 Å². The van der Waals surface area contributed by atoms with E-state index in [1.54, 1.807) is 0 Å². The molecule has 0 bridgehead atoms. The van der Waals surface area contributed by atoms with Crippen LogP contribution in [0.15, 0.2) is 53.7 Å². The second-order valence-electron chi connectivity index (χ2n) is 4.40. The molecule has 2 aromatic carbocycles. The number of carbonyl (C=O) groups is 1. The quantitative estimate of drug-likeness (QED) is 0.785. The molecule has 19 heavy (non-hydrogen) atoms. The van der Waals surface area contributed by atoms with Gasteiger partial charge in [0, 0.05) is 12.0 Å². The molecule has 3 heteroatoms. The fraction of sp³-hybridized carbons (Fsp3) is 0.125. The highest BCUT2D eigenvalue weighted by atomic mass is 16.6. The molecule has 0 N–H and O–H groups in total. The van der Waals surface area contributed by atoms with Gasteiger partial charge in [0.1, 0.15) is 6.61 Å². The summed E-state index contributed by atoms with van der Waals surface area (Å²) in [6.45, 7) is 0.658. The van der Waals surface area contributed by atoms with Crippen molar-refractivity contribution in [2.45, 2.75) is 6.42 Å². The molecule has 0 saturated carbocycles. The molecule has 0 fully saturated rings. The van der Waals surface area contributed by atoms with Crippen molar-refractivity contribution in [3.63, 3.8) is 0 Å². The van der Waals surface area contributed by atoms with Crippen LogP contribution < -0.4 is 0 Å². The molecule has 1 aliphatic rings. The Morgan fingerprint density at radius 1 is 1.00 bits per heavy atom. The van der Waals surface area contributed by atoms with Crippen LogP contribution in [0.5, 0.6) is 0 Å².